The summed E-state index contributed by atoms with van der Waals surface area (Å²) < 4.78 is 39.1. The van der Waals surface area contributed by atoms with Crippen LogP contribution in [0.4, 0.5) is 18.9 Å². The molecule has 1 heterocycles. The van der Waals surface area contributed by atoms with Gasteiger partial charge in [0, 0.05) is 34.6 Å². The second-order valence-corrected chi connectivity index (χ2v) is 11.3. The average molecular weight is 559 g/mol. The van der Waals surface area contributed by atoms with E-state index in [2.05, 4.69) is 11.4 Å². The number of aryl methyl sites for hydroxylation is 1. The minimum Gasteiger partial charge on any atom is -0.481 e. The molecule has 2 aromatic carbocycles. The van der Waals surface area contributed by atoms with Crippen molar-refractivity contribution in [1.82, 2.24) is 4.90 Å². The molecule has 208 valence electrons. The molecule has 1 saturated carbocycles. The molecule has 1 aliphatic carbocycles. The molecule has 1 fully saturated rings. The summed E-state index contributed by atoms with van der Waals surface area (Å²) in [7, 11) is 1.59. The molecule has 2 N–H and O–H groups in total. The van der Waals surface area contributed by atoms with Crippen molar-refractivity contribution in [3.05, 3.63) is 76.2 Å². The van der Waals surface area contributed by atoms with E-state index in [0.717, 1.165) is 59.5 Å². The van der Waals surface area contributed by atoms with Crippen molar-refractivity contribution in [2.45, 2.75) is 57.7 Å². The van der Waals surface area contributed by atoms with Gasteiger partial charge >= 0.3 is 12.1 Å². The number of alkyl halides is 3. The Balaban J connectivity index is 1.56. The summed E-state index contributed by atoms with van der Waals surface area (Å²) in [6.45, 7) is 2.18. The summed E-state index contributed by atoms with van der Waals surface area (Å²) in [4.78, 5) is 27.0. The number of hydrogen-bond donors (Lipinski definition) is 2. The SMILES string of the molecule is Cc1cc(-c2ccc(C(F)(F)F)cc2)sc1C(Nc1ccc(C(=O)N(C)CCC(=O)O)cc1)C1CCCCC1. The maximum atomic E-state index is 13.0. The zero-order valence-corrected chi connectivity index (χ0v) is 22.9. The second-order valence-electron chi connectivity index (χ2n) is 10.2. The van der Waals surface area contributed by atoms with Crippen LogP contribution in [0.5, 0.6) is 0 Å². The van der Waals surface area contributed by atoms with Crippen molar-refractivity contribution in [3.8, 4) is 10.4 Å². The van der Waals surface area contributed by atoms with Crippen LogP contribution in [0.25, 0.3) is 10.4 Å². The van der Waals surface area contributed by atoms with Crippen LogP contribution in [0.1, 0.15) is 70.9 Å². The Hall–Kier alpha value is -3.33. The van der Waals surface area contributed by atoms with Crippen LogP contribution in [0, 0.1) is 12.8 Å². The highest BCUT2D eigenvalue weighted by Gasteiger charge is 2.31. The molecule has 0 radical (unpaired) electrons. The minimum atomic E-state index is -4.36. The molecule has 1 unspecified atom stereocenters. The number of thiophene rings is 1. The molecule has 0 bridgehead atoms. The van der Waals surface area contributed by atoms with Gasteiger partial charge in [0.25, 0.3) is 5.91 Å². The lowest BCUT2D eigenvalue weighted by molar-refractivity contribution is -0.138. The predicted molar refractivity (Wildman–Crippen MR) is 148 cm³/mol. The van der Waals surface area contributed by atoms with Crippen LogP contribution in [0.3, 0.4) is 0 Å². The predicted octanol–water partition coefficient (Wildman–Crippen LogP) is 8.02. The van der Waals surface area contributed by atoms with Crippen molar-refractivity contribution in [2.24, 2.45) is 5.92 Å². The van der Waals surface area contributed by atoms with Gasteiger partial charge < -0.3 is 15.3 Å². The lowest BCUT2D eigenvalue weighted by Gasteiger charge is -2.32. The van der Waals surface area contributed by atoms with Crippen LogP contribution in [-0.4, -0.2) is 35.5 Å². The van der Waals surface area contributed by atoms with Gasteiger partial charge in [0.2, 0.25) is 0 Å². The van der Waals surface area contributed by atoms with E-state index >= 15 is 0 Å². The van der Waals surface area contributed by atoms with E-state index in [9.17, 15) is 22.8 Å². The van der Waals surface area contributed by atoms with E-state index in [1.54, 1.807) is 30.5 Å². The van der Waals surface area contributed by atoms with E-state index in [4.69, 9.17) is 5.11 Å². The van der Waals surface area contributed by atoms with Gasteiger partial charge in [0.15, 0.2) is 0 Å². The number of benzene rings is 2. The van der Waals surface area contributed by atoms with Crippen LogP contribution in [0.2, 0.25) is 0 Å². The fourth-order valence-electron chi connectivity index (χ4n) is 5.11. The number of rotatable bonds is 9. The van der Waals surface area contributed by atoms with Crippen LogP contribution < -0.4 is 5.32 Å². The largest absolute Gasteiger partial charge is 0.481 e. The summed E-state index contributed by atoms with van der Waals surface area (Å²) in [6, 6.07) is 14.6. The van der Waals surface area contributed by atoms with Crippen molar-refractivity contribution in [3.63, 3.8) is 0 Å². The van der Waals surface area contributed by atoms with E-state index in [0.29, 0.717) is 11.5 Å². The molecular weight excluding hydrogens is 525 g/mol. The Kier molecular flexibility index (Phi) is 9.00. The number of hydrogen-bond acceptors (Lipinski definition) is 4. The molecule has 0 aliphatic heterocycles. The number of nitrogens with zero attached hydrogens (tertiary/aromatic N) is 1. The lowest BCUT2D eigenvalue weighted by atomic mass is 9.82. The third-order valence-electron chi connectivity index (χ3n) is 7.32. The third-order valence-corrected chi connectivity index (χ3v) is 8.69. The molecule has 1 amide bonds. The standard InChI is InChI=1S/C30H33F3N2O3S/c1-19-18-25(20-8-12-23(13-9-20)30(31,32)33)39-28(19)27(21-6-4-3-5-7-21)34-24-14-10-22(11-15-24)29(38)35(2)17-16-26(36)37/h8-15,18,21,27,34H,3-7,16-17H2,1-2H3,(H,36,37). The van der Waals surface area contributed by atoms with E-state index in [1.165, 1.54) is 28.3 Å². The van der Waals surface area contributed by atoms with Gasteiger partial charge in [-0.1, -0.05) is 31.4 Å². The number of anilines is 1. The fourth-order valence-corrected chi connectivity index (χ4v) is 6.43. The highest BCUT2D eigenvalue weighted by Crippen LogP contribution is 2.43. The fraction of sp³-hybridized carbons (Fsp3) is 0.400. The Morgan fingerprint density at radius 3 is 2.28 bits per heavy atom. The molecule has 39 heavy (non-hydrogen) atoms. The smallest absolute Gasteiger partial charge is 0.416 e. The van der Waals surface area contributed by atoms with Gasteiger partial charge in [-0.25, -0.2) is 0 Å². The maximum absolute atomic E-state index is 13.0. The Bertz CT molecular complexity index is 1280. The number of halogens is 3. The minimum absolute atomic E-state index is 0.0401. The summed E-state index contributed by atoms with van der Waals surface area (Å²) in [5.41, 5.74) is 2.57. The van der Waals surface area contributed by atoms with Crippen molar-refractivity contribution in [2.75, 3.05) is 18.9 Å². The zero-order chi connectivity index (χ0) is 28.2. The number of carboxylic acids is 1. The zero-order valence-electron chi connectivity index (χ0n) is 22.1. The third kappa shape index (κ3) is 7.20. The summed E-state index contributed by atoms with van der Waals surface area (Å²) >= 11 is 1.61. The molecule has 0 saturated heterocycles. The van der Waals surface area contributed by atoms with Gasteiger partial charge in [-0.2, -0.15) is 13.2 Å². The maximum Gasteiger partial charge on any atom is 0.416 e. The normalized spacial score (nSPS) is 15.1. The number of carboxylic acid groups (broad SMARTS) is 1. The Morgan fingerprint density at radius 1 is 1.05 bits per heavy atom. The van der Waals surface area contributed by atoms with Crippen molar-refractivity contribution < 1.29 is 27.9 Å². The van der Waals surface area contributed by atoms with Crippen LogP contribution in [-0.2, 0) is 11.0 Å². The highest BCUT2D eigenvalue weighted by atomic mass is 32.1. The first kappa shape index (κ1) is 28.7. The van der Waals surface area contributed by atoms with Gasteiger partial charge in [-0.05, 0) is 79.3 Å². The molecule has 0 spiro atoms. The van der Waals surface area contributed by atoms with Crippen molar-refractivity contribution in [1.29, 1.82) is 0 Å². The van der Waals surface area contributed by atoms with Crippen LogP contribution in [0.15, 0.2) is 54.6 Å². The molecule has 3 aromatic rings. The molecule has 4 rings (SSSR count). The van der Waals surface area contributed by atoms with E-state index in [-0.39, 0.29) is 24.9 Å². The molecule has 1 aromatic heterocycles. The Morgan fingerprint density at radius 2 is 1.69 bits per heavy atom. The first-order valence-corrected chi connectivity index (χ1v) is 14.0. The summed E-state index contributed by atoms with van der Waals surface area (Å²) in [5, 5.41) is 12.6. The number of carbonyl (C=O) groups is 2. The van der Waals surface area contributed by atoms with Gasteiger partial charge in [-0.15, -0.1) is 11.3 Å². The number of nitrogens with one attached hydrogen (secondary N) is 1. The quantitative estimate of drug-likeness (QED) is 0.279. The van der Waals surface area contributed by atoms with Crippen molar-refractivity contribution >= 4 is 28.9 Å². The highest BCUT2D eigenvalue weighted by molar-refractivity contribution is 7.15. The Labute approximate surface area is 230 Å². The number of aliphatic carboxylic acids is 1. The lowest BCUT2D eigenvalue weighted by Crippen LogP contribution is -2.29. The van der Waals surface area contributed by atoms with Gasteiger partial charge in [-0.3, -0.25) is 9.59 Å². The van der Waals surface area contributed by atoms with Gasteiger partial charge in [0.1, 0.15) is 0 Å². The number of amides is 1. The first-order chi connectivity index (χ1) is 18.5. The second kappa shape index (κ2) is 12.2. The topological polar surface area (TPSA) is 69.6 Å². The number of carbonyl (C=O) groups excluding carboxylic acids is 1. The molecular formula is C30H33F3N2O3S. The van der Waals surface area contributed by atoms with E-state index < -0.39 is 17.7 Å². The first-order valence-electron chi connectivity index (χ1n) is 13.1. The molecule has 1 atom stereocenters. The van der Waals surface area contributed by atoms with E-state index in [1.807, 2.05) is 19.1 Å². The monoisotopic (exact) mass is 558 g/mol. The average Bonchev–Trinajstić information content (AvgIpc) is 3.31. The molecule has 5 nitrogen and oxygen atoms in total. The van der Waals surface area contributed by atoms with Crippen LogP contribution >= 0.6 is 11.3 Å². The molecule has 1 aliphatic rings. The molecule has 9 heteroatoms. The summed E-state index contributed by atoms with van der Waals surface area (Å²) in [6.07, 6.45) is 1.25. The van der Waals surface area contributed by atoms with Gasteiger partial charge in [0.05, 0.1) is 18.0 Å². The summed E-state index contributed by atoms with van der Waals surface area (Å²) in [5.74, 6) is -0.768.